The van der Waals surface area contributed by atoms with Crippen LogP contribution in [0.5, 0.6) is 0 Å². The first-order valence-electron chi connectivity index (χ1n) is 7.54. The molecule has 1 fully saturated rings. The van der Waals surface area contributed by atoms with Gasteiger partial charge in [0, 0.05) is 13.1 Å². The molecule has 1 unspecified atom stereocenters. The number of carbonyl (C=O) groups is 2. The van der Waals surface area contributed by atoms with E-state index in [0.29, 0.717) is 13.1 Å². The first-order chi connectivity index (χ1) is 9.86. The molecule has 1 aliphatic rings. The molecule has 0 spiro atoms. The average molecular weight is 294 g/mol. The summed E-state index contributed by atoms with van der Waals surface area (Å²) in [6, 6.07) is 2.20. The van der Waals surface area contributed by atoms with Gasteiger partial charge in [0.1, 0.15) is 5.54 Å². The zero-order valence-corrected chi connectivity index (χ0v) is 13.5. The van der Waals surface area contributed by atoms with Crippen molar-refractivity contribution in [1.82, 2.24) is 15.1 Å². The van der Waals surface area contributed by atoms with Gasteiger partial charge in [-0.1, -0.05) is 0 Å². The summed E-state index contributed by atoms with van der Waals surface area (Å²) in [6.07, 6.45) is 1.97. The molecule has 1 saturated carbocycles. The zero-order valence-electron chi connectivity index (χ0n) is 13.5. The van der Waals surface area contributed by atoms with Gasteiger partial charge in [0.2, 0.25) is 11.8 Å². The molecule has 21 heavy (non-hydrogen) atoms. The Morgan fingerprint density at radius 1 is 1.29 bits per heavy atom. The fourth-order valence-corrected chi connectivity index (χ4v) is 2.42. The number of hydrogen-bond acceptors (Lipinski definition) is 4. The van der Waals surface area contributed by atoms with E-state index in [4.69, 9.17) is 0 Å². The third-order valence-electron chi connectivity index (χ3n) is 3.96. The van der Waals surface area contributed by atoms with Crippen molar-refractivity contribution in [3.8, 4) is 6.07 Å². The highest BCUT2D eigenvalue weighted by molar-refractivity contribution is 5.81. The topological polar surface area (TPSA) is 76.4 Å². The van der Waals surface area contributed by atoms with Crippen molar-refractivity contribution in [2.45, 2.75) is 39.2 Å². The van der Waals surface area contributed by atoms with Gasteiger partial charge in [0.05, 0.1) is 19.2 Å². The second kappa shape index (κ2) is 7.41. The van der Waals surface area contributed by atoms with Gasteiger partial charge in [-0.05, 0) is 46.6 Å². The summed E-state index contributed by atoms with van der Waals surface area (Å²) >= 11 is 0. The molecular weight excluding hydrogens is 268 g/mol. The number of nitrogens with one attached hydrogen (secondary N) is 1. The van der Waals surface area contributed by atoms with E-state index >= 15 is 0 Å². The zero-order chi connectivity index (χ0) is 16.0. The molecule has 1 aliphatic carbocycles. The first kappa shape index (κ1) is 17.4. The van der Waals surface area contributed by atoms with Crippen LogP contribution in [0.2, 0.25) is 0 Å². The number of likely N-dealkylation sites (N-methyl/N-ethyl adjacent to an activating group) is 2. The van der Waals surface area contributed by atoms with Gasteiger partial charge < -0.3 is 10.2 Å². The molecule has 2 amide bonds. The van der Waals surface area contributed by atoms with Gasteiger partial charge in [-0.3, -0.25) is 14.5 Å². The second-order valence-corrected chi connectivity index (χ2v) is 5.87. The Morgan fingerprint density at radius 2 is 1.86 bits per heavy atom. The first-order valence-corrected chi connectivity index (χ1v) is 7.54. The standard InChI is InChI=1S/C15H26N4O2/c1-5-19(6-2)14(21)10-18(4)9-13(20)17-15(3,11-16)12-7-8-12/h12H,5-10H2,1-4H3,(H,17,20). The molecule has 0 aromatic rings. The lowest BCUT2D eigenvalue weighted by atomic mass is 9.98. The smallest absolute Gasteiger partial charge is 0.236 e. The maximum Gasteiger partial charge on any atom is 0.236 e. The lowest BCUT2D eigenvalue weighted by molar-refractivity contribution is -0.132. The molecule has 1 N–H and O–H groups in total. The van der Waals surface area contributed by atoms with Crippen LogP contribution in [0, 0.1) is 17.2 Å². The summed E-state index contributed by atoms with van der Waals surface area (Å²) in [5.41, 5.74) is -0.777. The average Bonchev–Trinajstić information content (AvgIpc) is 3.24. The van der Waals surface area contributed by atoms with Gasteiger partial charge in [-0.25, -0.2) is 0 Å². The van der Waals surface area contributed by atoms with E-state index in [9.17, 15) is 14.9 Å². The van der Waals surface area contributed by atoms with Gasteiger partial charge in [-0.15, -0.1) is 0 Å². The van der Waals surface area contributed by atoms with E-state index in [0.717, 1.165) is 12.8 Å². The summed E-state index contributed by atoms with van der Waals surface area (Å²) in [5, 5.41) is 12.0. The molecule has 0 heterocycles. The number of nitriles is 1. The molecule has 0 aromatic carbocycles. The van der Waals surface area contributed by atoms with E-state index in [2.05, 4.69) is 11.4 Å². The highest BCUT2D eigenvalue weighted by atomic mass is 16.2. The number of hydrogen-bond donors (Lipinski definition) is 1. The molecule has 1 rings (SSSR count). The van der Waals surface area contributed by atoms with Gasteiger partial charge in [0.25, 0.3) is 0 Å². The fourth-order valence-electron chi connectivity index (χ4n) is 2.42. The molecule has 0 radical (unpaired) electrons. The van der Waals surface area contributed by atoms with E-state index < -0.39 is 5.54 Å². The Bertz CT molecular complexity index is 424. The molecule has 6 nitrogen and oxygen atoms in total. The van der Waals surface area contributed by atoms with Crippen molar-refractivity contribution in [3.63, 3.8) is 0 Å². The SMILES string of the molecule is CCN(CC)C(=O)CN(C)CC(=O)NC(C)(C#N)C1CC1. The summed E-state index contributed by atoms with van der Waals surface area (Å²) in [7, 11) is 1.74. The third-order valence-corrected chi connectivity index (χ3v) is 3.96. The normalized spacial score (nSPS) is 17.0. The van der Waals surface area contributed by atoms with Crippen LogP contribution in [0.3, 0.4) is 0 Å². The molecule has 1 atom stereocenters. The minimum Gasteiger partial charge on any atom is -0.342 e. The Morgan fingerprint density at radius 3 is 2.29 bits per heavy atom. The predicted octanol–water partition coefficient (Wildman–Crippen LogP) is 0.595. The van der Waals surface area contributed by atoms with Crippen LogP contribution in [0.4, 0.5) is 0 Å². The van der Waals surface area contributed by atoms with Gasteiger partial charge in [-0.2, -0.15) is 5.26 Å². The van der Waals surface area contributed by atoms with Crippen LogP contribution in [-0.4, -0.2) is 60.4 Å². The molecular formula is C15H26N4O2. The van der Waals surface area contributed by atoms with E-state index in [-0.39, 0.29) is 30.8 Å². The van der Waals surface area contributed by atoms with Crippen molar-refractivity contribution in [2.24, 2.45) is 5.92 Å². The molecule has 0 saturated heterocycles. The van der Waals surface area contributed by atoms with Crippen molar-refractivity contribution < 1.29 is 9.59 Å². The second-order valence-electron chi connectivity index (χ2n) is 5.87. The monoisotopic (exact) mass is 294 g/mol. The molecule has 6 heteroatoms. The largest absolute Gasteiger partial charge is 0.342 e. The Kier molecular flexibility index (Phi) is 6.16. The van der Waals surface area contributed by atoms with Crippen LogP contribution in [0.1, 0.15) is 33.6 Å². The molecule has 0 aromatic heterocycles. The summed E-state index contributed by atoms with van der Waals surface area (Å²) in [4.78, 5) is 27.4. The maximum atomic E-state index is 12.0. The Hall–Kier alpha value is -1.61. The fraction of sp³-hybridized carbons (Fsp3) is 0.800. The summed E-state index contributed by atoms with van der Waals surface area (Å²) < 4.78 is 0. The van der Waals surface area contributed by atoms with Crippen LogP contribution in [0.15, 0.2) is 0 Å². The highest BCUT2D eigenvalue weighted by Crippen LogP contribution is 2.39. The molecule has 0 bridgehead atoms. The van der Waals surface area contributed by atoms with Crippen LogP contribution in [0.25, 0.3) is 0 Å². The van der Waals surface area contributed by atoms with Crippen molar-refractivity contribution >= 4 is 11.8 Å². The molecule has 118 valence electrons. The Labute approximate surface area is 127 Å². The van der Waals surface area contributed by atoms with E-state index in [1.165, 1.54) is 0 Å². The van der Waals surface area contributed by atoms with Gasteiger partial charge in [0.15, 0.2) is 0 Å². The van der Waals surface area contributed by atoms with Crippen molar-refractivity contribution in [2.75, 3.05) is 33.2 Å². The van der Waals surface area contributed by atoms with Crippen molar-refractivity contribution in [3.05, 3.63) is 0 Å². The highest BCUT2D eigenvalue weighted by Gasteiger charge is 2.43. The minimum absolute atomic E-state index is 0.0144. The quantitative estimate of drug-likeness (QED) is 0.711. The number of amides is 2. The minimum atomic E-state index is -0.777. The van der Waals surface area contributed by atoms with Crippen LogP contribution in [-0.2, 0) is 9.59 Å². The maximum absolute atomic E-state index is 12.0. The Balaban J connectivity index is 2.44. The van der Waals surface area contributed by atoms with E-state index in [1.54, 1.807) is 23.8 Å². The number of rotatable bonds is 8. The lowest BCUT2D eigenvalue weighted by Crippen LogP contribution is -2.50. The number of carbonyl (C=O) groups excluding carboxylic acids is 2. The van der Waals surface area contributed by atoms with E-state index in [1.807, 2.05) is 13.8 Å². The van der Waals surface area contributed by atoms with Crippen LogP contribution >= 0.6 is 0 Å². The van der Waals surface area contributed by atoms with Crippen molar-refractivity contribution in [1.29, 1.82) is 5.26 Å². The summed E-state index contributed by atoms with van der Waals surface area (Å²) in [5.74, 6) is 0.0652. The van der Waals surface area contributed by atoms with Crippen LogP contribution < -0.4 is 5.32 Å². The summed E-state index contributed by atoms with van der Waals surface area (Å²) in [6.45, 7) is 7.31. The third kappa shape index (κ3) is 5.01. The molecule has 0 aliphatic heterocycles. The van der Waals surface area contributed by atoms with Gasteiger partial charge >= 0.3 is 0 Å². The number of nitrogens with zero attached hydrogens (tertiary/aromatic N) is 3. The predicted molar refractivity (Wildman–Crippen MR) is 80.3 cm³/mol. The lowest BCUT2D eigenvalue weighted by Gasteiger charge is -2.26.